The van der Waals surface area contributed by atoms with Crippen molar-refractivity contribution in [3.63, 3.8) is 0 Å². The van der Waals surface area contributed by atoms with Crippen LogP contribution in [-0.2, 0) is 4.79 Å². The summed E-state index contributed by atoms with van der Waals surface area (Å²) in [6.45, 7) is 7.70. The number of hydrogen-bond donors (Lipinski definition) is 2. The van der Waals surface area contributed by atoms with Crippen LogP contribution in [0.4, 0.5) is 0 Å². The second-order valence-corrected chi connectivity index (χ2v) is 5.18. The quantitative estimate of drug-likeness (QED) is 0.749. The van der Waals surface area contributed by atoms with Gasteiger partial charge >= 0.3 is 0 Å². The van der Waals surface area contributed by atoms with E-state index >= 15 is 0 Å². The summed E-state index contributed by atoms with van der Waals surface area (Å²) in [5, 5.41) is 3.69. The minimum absolute atomic E-state index is 0.209. The molecule has 1 unspecified atom stereocenters. The van der Waals surface area contributed by atoms with Gasteiger partial charge in [-0.05, 0) is 13.8 Å². The zero-order chi connectivity index (χ0) is 13.0. The molecule has 0 aliphatic rings. The van der Waals surface area contributed by atoms with Gasteiger partial charge in [-0.15, -0.1) is 0 Å². The molecule has 1 amide bonds. The van der Waals surface area contributed by atoms with Crippen molar-refractivity contribution in [3.8, 4) is 0 Å². The molecule has 0 saturated carbocycles. The Balaban J connectivity index is 2.54. The second-order valence-electron chi connectivity index (χ2n) is 4.21. The van der Waals surface area contributed by atoms with E-state index in [1.54, 1.807) is 0 Å². The smallest absolute Gasteiger partial charge is 0.256 e. The standard InChI is InChI=1S/C11H19N3O2S/c1-6(2)13-9(10(12)15)5-17-11-14-7(3)8(4)16-11/h6,9,13H,5H2,1-4H3,(H2,12,15). The van der Waals surface area contributed by atoms with E-state index < -0.39 is 0 Å². The van der Waals surface area contributed by atoms with Crippen molar-refractivity contribution in [1.82, 2.24) is 10.3 Å². The van der Waals surface area contributed by atoms with Gasteiger partial charge in [0.05, 0.1) is 11.7 Å². The molecule has 0 aliphatic heterocycles. The van der Waals surface area contributed by atoms with Gasteiger partial charge in [-0.1, -0.05) is 25.6 Å². The Kier molecular flexibility index (Phi) is 5.02. The number of hydrogen-bond acceptors (Lipinski definition) is 5. The number of oxazole rings is 1. The van der Waals surface area contributed by atoms with Gasteiger partial charge in [-0.2, -0.15) is 0 Å². The molecule has 0 saturated heterocycles. The molecule has 1 aromatic heterocycles. The van der Waals surface area contributed by atoms with Crippen LogP contribution in [0.5, 0.6) is 0 Å². The highest BCUT2D eigenvalue weighted by molar-refractivity contribution is 7.99. The van der Waals surface area contributed by atoms with Crippen LogP contribution in [0.3, 0.4) is 0 Å². The lowest BCUT2D eigenvalue weighted by Gasteiger charge is -2.16. The van der Waals surface area contributed by atoms with Crippen LogP contribution < -0.4 is 11.1 Å². The molecule has 0 spiro atoms. The van der Waals surface area contributed by atoms with E-state index in [0.29, 0.717) is 11.0 Å². The van der Waals surface area contributed by atoms with Crippen molar-refractivity contribution in [3.05, 3.63) is 11.5 Å². The fourth-order valence-electron chi connectivity index (χ4n) is 1.27. The van der Waals surface area contributed by atoms with Crippen LogP contribution in [0, 0.1) is 13.8 Å². The van der Waals surface area contributed by atoms with Gasteiger partial charge in [0, 0.05) is 11.8 Å². The topological polar surface area (TPSA) is 81.1 Å². The number of primary amides is 1. The number of amides is 1. The minimum atomic E-state index is -0.368. The van der Waals surface area contributed by atoms with E-state index in [9.17, 15) is 4.79 Å². The average Bonchev–Trinajstić information content (AvgIpc) is 2.52. The van der Waals surface area contributed by atoms with Crippen molar-refractivity contribution in [2.75, 3.05) is 5.75 Å². The Labute approximate surface area is 106 Å². The van der Waals surface area contributed by atoms with E-state index in [1.165, 1.54) is 11.8 Å². The summed E-state index contributed by atoms with van der Waals surface area (Å²) in [7, 11) is 0. The molecular weight excluding hydrogens is 238 g/mol. The molecular formula is C11H19N3O2S. The van der Waals surface area contributed by atoms with Gasteiger partial charge in [0.1, 0.15) is 5.76 Å². The molecule has 6 heteroatoms. The van der Waals surface area contributed by atoms with Crippen molar-refractivity contribution >= 4 is 17.7 Å². The maximum atomic E-state index is 11.2. The van der Waals surface area contributed by atoms with Gasteiger partial charge in [0.25, 0.3) is 5.22 Å². The zero-order valence-corrected chi connectivity index (χ0v) is 11.4. The number of nitrogens with two attached hydrogens (primary N) is 1. The average molecular weight is 257 g/mol. The maximum absolute atomic E-state index is 11.2. The molecule has 0 bridgehead atoms. The molecule has 5 nitrogen and oxygen atoms in total. The van der Waals surface area contributed by atoms with Crippen LogP contribution in [0.2, 0.25) is 0 Å². The monoisotopic (exact) mass is 257 g/mol. The van der Waals surface area contributed by atoms with E-state index in [2.05, 4.69) is 10.3 Å². The predicted octanol–water partition coefficient (Wildman–Crippen LogP) is 1.24. The summed E-state index contributed by atoms with van der Waals surface area (Å²) < 4.78 is 5.42. The number of aromatic nitrogens is 1. The van der Waals surface area contributed by atoms with Crippen LogP contribution in [0.15, 0.2) is 9.64 Å². The Bertz CT molecular complexity index is 371. The summed E-state index contributed by atoms with van der Waals surface area (Å²) in [6.07, 6.45) is 0. The summed E-state index contributed by atoms with van der Waals surface area (Å²) in [6, 6.07) is -0.159. The first kappa shape index (κ1) is 14.1. The summed E-state index contributed by atoms with van der Waals surface area (Å²) in [5.41, 5.74) is 6.19. The Morgan fingerprint density at radius 3 is 2.59 bits per heavy atom. The van der Waals surface area contributed by atoms with Crippen LogP contribution in [-0.4, -0.2) is 28.7 Å². The van der Waals surface area contributed by atoms with E-state index in [1.807, 2.05) is 27.7 Å². The van der Waals surface area contributed by atoms with Crippen molar-refractivity contribution in [2.45, 2.75) is 45.0 Å². The third kappa shape index (κ3) is 4.40. The molecule has 0 aliphatic carbocycles. The summed E-state index contributed by atoms with van der Waals surface area (Å²) in [5.74, 6) is 0.971. The fraction of sp³-hybridized carbons (Fsp3) is 0.636. The highest BCUT2D eigenvalue weighted by atomic mass is 32.2. The fourth-order valence-corrected chi connectivity index (χ4v) is 2.23. The lowest BCUT2D eigenvalue weighted by atomic mass is 10.3. The molecule has 3 N–H and O–H groups in total. The number of nitrogens with one attached hydrogen (secondary N) is 1. The molecule has 1 rings (SSSR count). The van der Waals surface area contributed by atoms with Gasteiger partial charge < -0.3 is 15.5 Å². The molecule has 1 atom stereocenters. The van der Waals surface area contributed by atoms with Crippen molar-refractivity contribution in [2.24, 2.45) is 5.73 Å². The molecule has 1 heterocycles. The Morgan fingerprint density at radius 2 is 2.18 bits per heavy atom. The Hall–Kier alpha value is -1.01. The van der Waals surface area contributed by atoms with Crippen LogP contribution in [0.25, 0.3) is 0 Å². The van der Waals surface area contributed by atoms with Gasteiger partial charge in [0.2, 0.25) is 5.91 Å². The number of rotatable bonds is 6. The summed E-state index contributed by atoms with van der Waals surface area (Å²) >= 11 is 1.39. The van der Waals surface area contributed by atoms with Gasteiger partial charge in [0.15, 0.2) is 0 Å². The SMILES string of the molecule is Cc1nc(SCC(NC(C)C)C(N)=O)oc1C. The highest BCUT2D eigenvalue weighted by Gasteiger charge is 2.18. The first-order valence-electron chi connectivity index (χ1n) is 5.52. The first-order chi connectivity index (χ1) is 7.90. The van der Waals surface area contributed by atoms with Gasteiger partial charge in [-0.25, -0.2) is 4.98 Å². The molecule has 0 aromatic carbocycles. The van der Waals surface area contributed by atoms with Crippen LogP contribution >= 0.6 is 11.8 Å². The van der Waals surface area contributed by atoms with E-state index in [4.69, 9.17) is 10.2 Å². The lowest BCUT2D eigenvalue weighted by molar-refractivity contribution is -0.119. The van der Waals surface area contributed by atoms with Crippen molar-refractivity contribution < 1.29 is 9.21 Å². The Morgan fingerprint density at radius 1 is 1.53 bits per heavy atom. The molecule has 17 heavy (non-hydrogen) atoms. The minimum Gasteiger partial charge on any atom is -0.437 e. The maximum Gasteiger partial charge on any atom is 0.256 e. The number of aryl methyl sites for hydroxylation is 2. The second kappa shape index (κ2) is 6.07. The number of nitrogens with zero attached hydrogens (tertiary/aromatic N) is 1. The molecule has 0 radical (unpaired) electrons. The third-order valence-corrected chi connectivity index (χ3v) is 3.18. The first-order valence-corrected chi connectivity index (χ1v) is 6.51. The van der Waals surface area contributed by atoms with Gasteiger partial charge in [-0.3, -0.25) is 4.79 Å². The predicted molar refractivity (Wildman–Crippen MR) is 68.0 cm³/mol. The lowest BCUT2D eigenvalue weighted by Crippen LogP contribution is -2.46. The number of carbonyl (C=O) groups is 1. The number of carbonyl (C=O) groups excluding carboxylic acids is 1. The highest BCUT2D eigenvalue weighted by Crippen LogP contribution is 2.20. The van der Waals surface area contributed by atoms with E-state index in [-0.39, 0.29) is 18.0 Å². The molecule has 96 valence electrons. The van der Waals surface area contributed by atoms with Crippen molar-refractivity contribution in [1.29, 1.82) is 0 Å². The summed E-state index contributed by atoms with van der Waals surface area (Å²) in [4.78, 5) is 15.5. The molecule has 1 aromatic rings. The normalized spacial score (nSPS) is 13.0. The largest absolute Gasteiger partial charge is 0.437 e. The number of thioether (sulfide) groups is 1. The zero-order valence-electron chi connectivity index (χ0n) is 10.6. The third-order valence-electron chi connectivity index (χ3n) is 2.26. The van der Waals surface area contributed by atoms with Crippen LogP contribution in [0.1, 0.15) is 25.3 Å². The van der Waals surface area contributed by atoms with E-state index in [0.717, 1.165) is 11.5 Å². The molecule has 0 fully saturated rings.